The van der Waals surface area contributed by atoms with Crippen LogP contribution in [0.4, 0.5) is 5.69 Å². The highest BCUT2D eigenvalue weighted by Gasteiger charge is 2.37. The van der Waals surface area contributed by atoms with Crippen LogP contribution < -0.4 is 5.32 Å². The first-order valence-electron chi connectivity index (χ1n) is 10.4. The molecule has 0 fully saturated rings. The van der Waals surface area contributed by atoms with Gasteiger partial charge in [0.2, 0.25) is 5.91 Å². The molecular formula is C24H20N4O5. The molecule has 1 N–H and O–H groups in total. The molecule has 2 amide bonds. The van der Waals surface area contributed by atoms with Gasteiger partial charge >= 0.3 is 0 Å². The van der Waals surface area contributed by atoms with Gasteiger partial charge in [-0.2, -0.15) is 0 Å². The number of amides is 2. The number of furan rings is 1. The average Bonchev–Trinajstić information content (AvgIpc) is 3.47. The Morgan fingerprint density at radius 3 is 2.76 bits per heavy atom. The van der Waals surface area contributed by atoms with Crippen molar-refractivity contribution >= 4 is 28.4 Å². The molecule has 9 nitrogen and oxygen atoms in total. The summed E-state index contributed by atoms with van der Waals surface area (Å²) in [6.07, 6.45) is 1.53. The summed E-state index contributed by atoms with van der Waals surface area (Å²) in [4.78, 5) is 38.9. The molecule has 0 radical (unpaired) electrons. The summed E-state index contributed by atoms with van der Waals surface area (Å²) in [5.74, 6) is -0.0291. The summed E-state index contributed by atoms with van der Waals surface area (Å²) in [5.41, 5.74) is 1.87. The zero-order chi connectivity index (χ0) is 22.9. The Labute approximate surface area is 188 Å². The molecule has 0 aliphatic carbocycles. The zero-order valence-corrected chi connectivity index (χ0v) is 17.5. The van der Waals surface area contributed by atoms with Gasteiger partial charge in [0, 0.05) is 29.6 Å². The van der Waals surface area contributed by atoms with Crippen molar-refractivity contribution in [1.29, 1.82) is 0 Å². The number of carbonyl (C=O) groups excluding carboxylic acids is 2. The molecule has 2 aromatic carbocycles. The Bertz CT molecular complexity index is 1360. The van der Waals surface area contributed by atoms with E-state index in [1.54, 1.807) is 24.3 Å². The summed E-state index contributed by atoms with van der Waals surface area (Å²) in [6.45, 7) is 0.537. The molecule has 0 saturated heterocycles. The van der Waals surface area contributed by atoms with Crippen LogP contribution in [0, 0.1) is 10.1 Å². The second kappa shape index (κ2) is 8.27. The topological polar surface area (TPSA) is 111 Å². The minimum Gasteiger partial charge on any atom is -0.467 e. The Morgan fingerprint density at radius 2 is 1.97 bits per heavy atom. The van der Waals surface area contributed by atoms with Gasteiger partial charge in [0.05, 0.1) is 24.3 Å². The van der Waals surface area contributed by atoms with E-state index in [0.717, 1.165) is 10.9 Å². The molecule has 4 aromatic rings. The number of nitrogens with zero attached hydrogens (tertiary/aromatic N) is 3. The van der Waals surface area contributed by atoms with Crippen molar-refractivity contribution in [3.63, 3.8) is 0 Å². The molecule has 33 heavy (non-hydrogen) atoms. The van der Waals surface area contributed by atoms with Crippen molar-refractivity contribution in [3.8, 4) is 0 Å². The third-order valence-electron chi connectivity index (χ3n) is 5.82. The number of rotatable bonds is 6. The molecule has 0 saturated carbocycles. The van der Waals surface area contributed by atoms with E-state index in [-0.39, 0.29) is 37.1 Å². The second-order valence-corrected chi connectivity index (χ2v) is 7.87. The predicted molar refractivity (Wildman–Crippen MR) is 119 cm³/mol. The largest absolute Gasteiger partial charge is 0.467 e. The SMILES string of the molecule is O=C(NCc1ccco1)[C@@H]1Cn2c(cc3ccccc32)C(=O)N1Cc1cccc([N+](=O)[O-])c1. The van der Waals surface area contributed by atoms with Crippen LogP contribution in [0.5, 0.6) is 0 Å². The van der Waals surface area contributed by atoms with Gasteiger partial charge in [0.1, 0.15) is 17.5 Å². The monoisotopic (exact) mass is 444 g/mol. The lowest BCUT2D eigenvalue weighted by Crippen LogP contribution is -2.54. The number of fused-ring (bicyclic) bond motifs is 3. The Kier molecular flexibility index (Phi) is 5.14. The maximum absolute atomic E-state index is 13.5. The highest BCUT2D eigenvalue weighted by atomic mass is 16.6. The maximum Gasteiger partial charge on any atom is 0.271 e. The van der Waals surface area contributed by atoms with Crippen LogP contribution in [0.2, 0.25) is 0 Å². The van der Waals surface area contributed by atoms with E-state index in [9.17, 15) is 19.7 Å². The maximum atomic E-state index is 13.5. The van der Waals surface area contributed by atoms with E-state index in [1.165, 1.54) is 23.3 Å². The van der Waals surface area contributed by atoms with E-state index < -0.39 is 11.0 Å². The lowest BCUT2D eigenvalue weighted by molar-refractivity contribution is -0.384. The zero-order valence-electron chi connectivity index (χ0n) is 17.5. The number of nitro groups is 1. The van der Waals surface area contributed by atoms with Crippen LogP contribution in [0.25, 0.3) is 10.9 Å². The molecule has 1 atom stereocenters. The summed E-state index contributed by atoms with van der Waals surface area (Å²) in [7, 11) is 0. The fraction of sp³-hybridized carbons (Fsp3) is 0.167. The van der Waals surface area contributed by atoms with Gasteiger partial charge < -0.3 is 19.2 Å². The minimum absolute atomic E-state index is 0.0649. The van der Waals surface area contributed by atoms with Crippen LogP contribution in [0.1, 0.15) is 21.8 Å². The van der Waals surface area contributed by atoms with Crippen molar-refractivity contribution in [2.75, 3.05) is 0 Å². The summed E-state index contributed by atoms with van der Waals surface area (Å²) >= 11 is 0. The summed E-state index contributed by atoms with van der Waals surface area (Å²) in [5, 5.41) is 14.9. The Morgan fingerprint density at radius 1 is 1.12 bits per heavy atom. The number of non-ortho nitro benzene ring substituents is 1. The van der Waals surface area contributed by atoms with Crippen LogP contribution >= 0.6 is 0 Å². The van der Waals surface area contributed by atoms with Gasteiger partial charge in [-0.05, 0) is 29.8 Å². The molecule has 1 aliphatic rings. The highest BCUT2D eigenvalue weighted by molar-refractivity contribution is 6.02. The second-order valence-electron chi connectivity index (χ2n) is 7.87. The smallest absolute Gasteiger partial charge is 0.271 e. The molecule has 3 heterocycles. The lowest BCUT2D eigenvalue weighted by atomic mass is 10.1. The number of hydrogen-bond donors (Lipinski definition) is 1. The van der Waals surface area contributed by atoms with Gasteiger partial charge in [0.25, 0.3) is 11.6 Å². The normalized spacial score (nSPS) is 15.5. The first kappa shape index (κ1) is 20.5. The number of benzene rings is 2. The molecule has 166 valence electrons. The highest BCUT2D eigenvalue weighted by Crippen LogP contribution is 2.28. The third kappa shape index (κ3) is 3.84. The van der Waals surface area contributed by atoms with Crippen molar-refractivity contribution in [2.45, 2.75) is 25.7 Å². The molecule has 0 bridgehead atoms. The first-order valence-corrected chi connectivity index (χ1v) is 10.4. The van der Waals surface area contributed by atoms with Crippen LogP contribution in [0.3, 0.4) is 0 Å². The first-order chi connectivity index (χ1) is 16.0. The van der Waals surface area contributed by atoms with Gasteiger partial charge in [-0.25, -0.2) is 0 Å². The summed E-state index contributed by atoms with van der Waals surface area (Å²) in [6, 6.07) is 18.2. The quantitative estimate of drug-likeness (QED) is 0.362. The Balaban J connectivity index is 1.50. The molecule has 9 heteroatoms. The van der Waals surface area contributed by atoms with Gasteiger partial charge in [0.15, 0.2) is 0 Å². The number of para-hydroxylation sites is 1. The third-order valence-corrected chi connectivity index (χ3v) is 5.82. The summed E-state index contributed by atoms with van der Waals surface area (Å²) < 4.78 is 7.15. The van der Waals surface area contributed by atoms with Crippen LogP contribution in [-0.2, 0) is 24.4 Å². The van der Waals surface area contributed by atoms with Crippen molar-refractivity contribution in [3.05, 3.63) is 100 Å². The molecule has 1 aliphatic heterocycles. The van der Waals surface area contributed by atoms with E-state index in [2.05, 4.69) is 5.32 Å². The van der Waals surface area contributed by atoms with E-state index in [0.29, 0.717) is 17.0 Å². The lowest BCUT2D eigenvalue weighted by Gasteiger charge is -2.36. The number of hydrogen-bond acceptors (Lipinski definition) is 5. The van der Waals surface area contributed by atoms with Crippen LogP contribution in [0.15, 0.2) is 77.4 Å². The molecule has 5 rings (SSSR count). The molecule has 0 unspecified atom stereocenters. The number of aromatic nitrogens is 1. The average molecular weight is 444 g/mol. The molecule has 0 spiro atoms. The standard InChI is InChI=1S/C24H20N4O5/c29-23(25-13-19-8-4-10-33-19)22-15-26-20-9-2-1-6-17(20)12-21(26)24(30)27(22)14-16-5-3-7-18(11-16)28(31)32/h1-12,22H,13-15H2,(H,25,29)/t22-/m0/s1. The van der Waals surface area contributed by atoms with Gasteiger partial charge in [-0.3, -0.25) is 19.7 Å². The fourth-order valence-electron chi connectivity index (χ4n) is 4.22. The van der Waals surface area contributed by atoms with E-state index >= 15 is 0 Å². The molecular weight excluding hydrogens is 424 g/mol. The van der Waals surface area contributed by atoms with E-state index in [4.69, 9.17) is 4.42 Å². The minimum atomic E-state index is -0.796. The predicted octanol–water partition coefficient (Wildman–Crippen LogP) is 3.48. The number of nitro benzene ring substituents is 1. The van der Waals surface area contributed by atoms with Crippen molar-refractivity contribution in [1.82, 2.24) is 14.8 Å². The Hall–Kier alpha value is -4.40. The van der Waals surface area contributed by atoms with Crippen molar-refractivity contribution < 1.29 is 18.9 Å². The van der Waals surface area contributed by atoms with Crippen molar-refractivity contribution in [2.24, 2.45) is 0 Å². The fourth-order valence-corrected chi connectivity index (χ4v) is 4.22. The number of nitrogens with one attached hydrogen (secondary N) is 1. The van der Waals surface area contributed by atoms with Gasteiger partial charge in [-0.15, -0.1) is 0 Å². The van der Waals surface area contributed by atoms with E-state index in [1.807, 2.05) is 34.9 Å². The van der Waals surface area contributed by atoms with Crippen LogP contribution in [-0.4, -0.2) is 32.2 Å². The molecule has 2 aromatic heterocycles. The van der Waals surface area contributed by atoms with Gasteiger partial charge in [-0.1, -0.05) is 30.3 Å². The number of carbonyl (C=O) groups is 2.